The Morgan fingerprint density at radius 1 is 1.23 bits per heavy atom. The summed E-state index contributed by atoms with van der Waals surface area (Å²) in [6, 6.07) is 13.0. The molecule has 1 fully saturated rings. The van der Waals surface area contributed by atoms with Crippen molar-refractivity contribution in [1.82, 2.24) is 0 Å². The zero-order valence-corrected chi connectivity index (χ0v) is 24.7. The van der Waals surface area contributed by atoms with E-state index < -0.39 is 0 Å². The number of hydrogen-bond donors (Lipinski definition) is 0. The summed E-state index contributed by atoms with van der Waals surface area (Å²) < 4.78 is 12.6. The Hall–Kier alpha value is -2.59. The standard InChI is InChI=1S/C35H47NO3/c1-6-24(2)9-7-11-33(38-5)30-15-13-29(30)21-36-22-35(18-8-10-28-19-25(3)12-16-31(28)35)23-39-34-17-14-27(26(4)37)20-32(34)36/h7,11-12,14,16-17,19-20,24,29-30,33H,6,8-10,13,15,18,21-23H2,1-5H3/b11-7+/t24-,29+,30-,33+,35+/m1/s1. The van der Waals surface area contributed by atoms with Gasteiger partial charge in [0.2, 0.25) is 0 Å². The lowest BCUT2D eigenvalue weighted by molar-refractivity contribution is 0.0131. The highest BCUT2D eigenvalue weighted by molar-refractivity contribution is 5.95. The van der Waals surface area contributed by atoms with Crippen molar-refractivity contribution in [3.63, 3.8) is 0 Å². The van der Waals surface area contributed by atoms with E-state index in [1.54, 1.807) is 6.92 Å². The largest absolute Gasteiger partial charge is 0.490 e. The monoisotopic (exact) mass is 529 g/mol. The van der Waals surface area contributed by atoms with Gasteiger partial charge in [0.25, 0.3) is 0 Å². The number of fused-ring (bicyclic) bond motifs is 3. The van der Waals surface area contributed by atoms with Crippen LogP contribution in [0, 0.1) is 24.7 Å². The summed E-state index contributed by atoms with van der Waals surface area (Å²) in [5.74, 6) is 2.78. The lowest BCUT2D eigenvalue weighted by atomic mass is 9.68. The van der Waals surface area contributed by atoms with Crippen molar-refractivity contribution in [2.24, 2.45) is 17.8 Å². The molecule has 4 nitrogen and oxygen atoms in total. The van der Waals surface area contributed by atoms with Gasteiger partial charge in [-0.05, 0) is 99.5 Å². The van der Waals surface area contributed by atoms with E-state index in [0.717, 1.165) is 49.4 Å². The normalized spacial score (nSPS) is 25.8. The third kappa shape index (κ3) is 5.82. The molecule has 0 aromatic heterocycles. The number of hydrogen-bond acceptors (Lipinski definition) is 4. The quantitative estimate of drug-likeness (QED) is 0.246. The minimum atomic E-state index is -0.0488. The molecule has 39 heavy (non-hydrogen) atoms. The molecule has 2 aromatic carbocycles. The van der Waals surface area contributed by atoms with Gasteiger partial charge in [-0.2, -0.15) is 0 Å². The number of allylic oxidation sites excluding steroid dienone is 1. The van der Waals surface area contributed by atoms with Crippen LogP contribution in [0.4, 0.5) is 5.69 Å². The number of ketones is 1. The second-order valence-electron chi connectivity index (χ2n) is 12.6. The average molecular weight is 530 g/mol. The highest BCUT2D eigenvalue weighted by Gasteiger charge is 2.44. The van der Waals surface area contributed by atoms with Gasteiger partial charge in [0, 0.05) is 31.2 Å². The van der Waals surface area contributed by atoms with E-state index in [0.29, 0.717) is 24.4 Å². The van der Waals surface area contributed by atoms with E-state index in [4.69, 9.17) is 9.47 Å². The van der Waals surface area contributed by atoms with E-state index >= 15 is 0 Å². The van der Waals surface area contributed by atoms with Crippen LogP contribution in [-0.4, -0.2) is 38.7 Å². The summed E-state index contributed by atoms with van der Waals surface area (Å²) in [5, 5.41) is 0. The van der Waals surface area contributed by atoms with E-state index in [-0.39, 0.29) is 17.3 Å². The predicted octanol–water partition coefficient (Wildman–Crippen LogP) is 7.70. The van der Waals surface area contributed by atoms with Crippen molar-refractivity contribution in [2.75, 3.05) is 31.7 Å². The van der Waals surface area contributed by atoms with Crippen LogP contribution in [-0.2, 0) is 16.6 Å². The zero-order chi connectivity index (χ0) is 27.6. The molecule has 0 bridgehead atoms. The van der Waals surface area contributed by atoms with Gasteiger partial charge in [0.15, 0.2) is 5.78 Å². The molecular weight excluding hydrogens is 482 g/mol. The minimum Gasteiger partial charge on any atom is -0.490 e. The first-order valence-corrected chi connectivity index (χ1v) is 15.2. The van der Waals surface area contributed by atoms with Gasteiger partial charge in [0.05, 0.1) is 18.4 Å². The number of rotatable bonds is 9. The van der Waals surface area contributed by atoms with Crippen LogP contribution in [0.15, 0.2) is 48.6 Å². The van der Waals surface area contributed by atoms with Crippen LogP contribution in [0.1, 0.15) is 86.3 Å². The topological polar surface area (TPSA) is 38.8 Å². The summed E-state index contributed by atoms with van der Waals surface area (Å²) >= 11 is 0. The maximum absolute atomic E-state index is 12.4. The fraction of sp³-hybridized carbons (Fsp3) is 0.571. The lowest BCUT2D eigenvalue weighted by Crippen LogP contribution is -2.49. The summed E-state index contributed by atoms with van der Waals surface area (Å²) in [5.41, 5.74) is 6.05. The van der Waals surface area contributed by atoms with E-state index in [2.05, 4.69) is 62.1 Å². The number of Topliss-reactive ketones (excluding diaryl/α,β-unsaturated/α-hetero) is 1. The van der Waals surface area contributed by atoms with Crippen molar-refractivity contribution in [3.05, 3.63) is 70.8 Å². The minimum absolute atomic E-state index is 0.0488. The van der Waals surface area contributed by atoms with Gasteiger partial charge in [-0.3, -0.25) is 4.79 Å². The summed E-state index contributed by atoms with van der Waals surface area (Å²) in [6.45, 7) is 11.0. The molecule has 2 aliphatic carbocycles. The summed E-state index contributed by atoms with van der Waals surface area (Å²) in [7, 11) is 1.86. The van der Waals surface area contributed by atoms with Crippen molar-refractivity contribution < 1.29 is 14.3 Å². The number of carbonyl (C=O) groups is 1. The number of benzene rings is 2. The van der Waals surface area contributed by atoms with Crippen molar-refractivity contribution in [2.45, 2.75) is 84.2 Å². The molecule has 1 spiro atoms. The molecule has 0 amide bonds. The first-order valence-electron chi connectivity index (χ1n) is 15.2. The average Bonchev–Trinajstić information content (AvgIpc) is 3.07. The molecule has 1 aliphatic heterocycles. The Labute approximate surface area is 235 Å². The number of anilines is 1. The van der Waals surface area contributed by atoms with Crippen LogP contribution in [0.5, 0.6) is 5.75 Å². The highest BCUT2D eigenvalue weighted by Crippen LogP contribution is 2.46. The van der Waals surface area contributed by atoms with Crippen LogP contribution < -0.4 is 9.64 Å². The molecule has 4 heteroatoms. The lowest BCUT2D eigenvalue weighted by Gasteiger charge is -2.46. The van der Waals surface area contributed by atoms with Crippen LogP contribution in [0.3, 0.4) is 0 Å². The highest BCUT2D eigenvalue weighted by atomic mass is 16.5. The Morgan fingerprint density at radius 2 is 2.08 bits per heavy atom. The van der Waals surface area contributed by atoms with Crippen LogP contribution >= 0.6 is 0 Å². The molecule has 2 aromatic rings. The molecular formula is C35H47NO3. The number of carbonyl (C=O) groups excluding carboxylic acids is 1. The van der Waals surface area contributed by atoms with Crippen molar-refractivity contribution >= 4 is 11.5 Å². The van der Waals surface area contributed by atoms with E-state index in [9.17, 15) is 4.79 Å². The molecule has 0 radical (unpaired) electrons. The maximum Gasteiger partial charge on any atom is 0.159 e. The van der Waals surface area contributed by atoms with Crippen LogP contribution in [0.2, 0.25) is 0 Å². The van der Waals surface area contributed by atoms with Gasteiger partial charge >= 0.3 is 0 Å². The third-order valence-electron chi connectivity index (χ3n) is 9.82. The number of ether oxygens (including phenoxy) is 2. The number of nitrogens with zero attached hydrogens (tertiary/aromatic N) is 1. The summed E-state index contributed by atoms with van der Waals surface area (Å²) in [4.78, 5) is 14.9. The third-order valence-corrected chi connectivity index (χ3v) is 9.82. The number of methoxy groups -OCH3 is 1. The molecule has 0 unspecified atom stereocenters. The van der Waals surface area contributed by atoms with Gasteiger partial charge in [-0.15, -0.1) is 0 Å². The van der Waals surface area contributed by atoms with Gasteiger partial charge in [-0.25, -0.2) is 0 Å². The fourth-order valence-electron chi connectivity index (χ4n) is 7.04. The summed E-state index contributed by atoms with van der Waals surface area (Å²) in [6.07, 6.45) is 13.0. The second-order valence-corrected chi connectivity index (χ2v) is 12.6. The predicted molar refractivity (Wildman–Crippen MR) is 160 cm³/mol. The molecule has 0 N–H and O–H groups in total. The number of aryl methyl sites for hydroxylation is 2. The molecule has 3 aliphatic rings. The van der Waals surface area contributed by atoms with Gasteiger partial charge < -0.3 is 14.4 Å². The second kappa shape index (κ2) is 11.9. The molecule has 1 saturated carbocycles. The molecule has 210 valence electrons. The zero-order valence-electron chi connectivity index (χ0n) is 24.7. The van der Waals surface area contributed by atoms with E-state index in [1.807, 2.05) is 19.2 Å². The molecule has 5 rings (SSSR count). The Balaban J connectivity index is 1.45. The maximum atomic E-state index is 12.4. The first-order chi connectivity index (χ1) is 18.8. The van der Waals surface area contributed by atoms with Gasteiger partial charge in [0.1, 0.15) is 5.75 Å². The Kier molecular flexibility index (Phi) is 8.52. The SMILES string of the molecule is CC[C@@H](C)C/C=C/[C@H](OC)[C@@H]1CC[C@H]1CN1C[C@@]2(CCCc3cc(C)ccc32)COc2ccc(C(C)=O)cc21. The molecule has 0 saturated heterocycles. The van der Waals surface area contributed by atoms with Gasteiger partial charge in [-0.1, -0.05) is 56.2 Å². The Bertz CT molecular complexity index is 1200. The smallest absolute Gasteiger partial charge is 0.159 e. The Morgan fingerprint density at radius 3 is 2.79 bits per heavy atom. The first kappa shape index (κ1) is 28.0. The molecule has 1 heterocycles. The molecule has 5 atom stereocenters. The van der Waals surface area contributed by atoms with E-state index in [1.165, 1.54) is 42.4 Å². The van der Waals surface area contributed by atoms with Crippen molar-refractivity contribution in [3.8, 4) is 5.75 Å². The van der Waals surface area contributed by atoms with Crippen LogP contribution in [0.25, 0.3) is 0 Å². The van der Waals surface area contributed by atoms with Crippen molar-refractivity contribution in [1.29, 1.82) is 0 Å². The fourth-order valence-corrected chi connectivity index (χ4v) is 7.04.